The molecule has 0 radical (unpaired) electrons. The highest BCUT2D eigenvalue weighted by Gasteiger charge is 2.40. The molecule has 8 heteroatoms. The third-order valence-corrected chi connectivity index (χ3v) is 6.35. The second kappa shape index (κ2) is 7.08. The lowest BCUT2D eigenvalue weighted by molar-refractivity contribution is -0.131. The van der Waals surface area contributed by atoms with E-state index < -0.39 is 15.9 Å². The minimum atomic E-state index is -3.79. The van der Waals surface area contributed by atoms with Crippen molar-refractivity contribution in [3.05, 3.63) is 23.3 Å². The molecule has 1 aliphatic rings. The molecule has 0 saturated heterocycles. The second-order valence-electron chi connectivity index (χ2n) is 6.05. The van der Waals surface area contributed by atoms with Crippen molar-refractivity contribution < 1.29 is 17.9 Å². The second-order valence-corrected chi connectivity index (χ2v) is 7.88. The van der Waals surface area contributed by atoms with Gasteiger partial charge in [0.2, 0.25) is 10.0 Å². The number of nitrogens with two attached hydrogens (primary N) is 1. The lowest BCUT2D eigenvalue weighted by atomic mass is 10.1. The standard InChI is InChI=1S/C16H25N3O4S/c1-5-18(17)15(20)10-19(13-6-7-13)24(21,22)16-11(2)8-14(23-4)9-12(16)3/h8-9,13H,5-7,10,17H2,1-4H3. The van der Waals surface area contributed by atoms with Gasteiger partial charge in [-0.3, -0.25) is 9.80 Å². The zero-order valence-electron chi connectivity index (χ0n) is 14.6. The van der Waals surface area contributed by atoms with Gasteiger partial charge in [-0.15, -0.1) is 0 Å². The van der Waals surface area contributed by atoms with Crippen LogP contribution in [-0.2, 0) is 14.8 Å². The average Bonchev–Trinajstić information content (AvgIpc) is 3.34. The number of methoxy groups -OCH3 is 1. The minimum Gasteiger partial charge on any atom is -0.497 e. The van der Waals surface area contributed by atoms with Gasteiger partial charge < -0.3 is 4.74 Å². The molecule has 0 unspecified atom stereocenters. The van der Waals surface area contributed by atoms with Crippen molar-refractivity contribution in [1.29, 1.82) is 0 Å². The van der Waals surface area contributed by atoms with E-state index in [-0.39, 0.29) is 17.5 Å². The first-order valence-corrected chi connectivity index (χ1v) is 9.38. The van der Waals surface area contributed by atoms with E-state index in [0.29, 0.717) is 23.4 Å². The smallest absolute Gasteiger partial charge is 0.251 e. The summed E-state index contributed by atoms with van der Waals surface area (Å²) in [4.78, 5) is 12.4. The number of carbonyl (C=O) groups is 1. The largest absolute Gasteiger partial charge is 0.497 e. The van der Waals surface area contributed by atoms with Gasteiger partial charge >= 0.3 is 0 Å². The lowest BCUT2D eigenvalue weighted by Crippen LogP contribution is -2.46. The fraction of sp³-hybridized carbons (Fsp3) is 0.562. The Hall–Kier alpha value is -1.64. The molecule has 0 bridgehead atoms. The van der Waals surface area contributed by atoms with Gasteiger partial charge in [0.15, 0.2) is 0 Å². The van der Waals surface area contributed by atoms with Crippen molar-refractivity contribution in [3.63, 3.8) is 0 Å². The highest BCUT2D eigenvalue weighted by Crippen LogP contribution is 2.35. The first-order valence-electron chi connectivity index (χ1n) is 7.94. The van der Waals surface area contributed by atoms with Crippen LogP contribution in [0.2, 0.25) is 0 Å². The van der Waals surface area contributed by atoms with Crippen LogP contribution in [0, 0.1) is 13.8 Å². The predicted molar refractivity (Wildman–Crippen MR) is 91.0 cm³/mol. The summed E-state index contributed by atoms with van der Waals surface area (Å²) in [5, 5.41) is 1.04. The quantitative estimate of drug-likeness (QED) is 0.450. The van der Waals surface area contributed by atoms with Gasteiger partial charge in [0.05, 0.1) is 18.6 Å². The molecular formula is C16H25N3O4S. The number of benzene rings is 1. The lowest BCUT2D eigenvalue weighted by Gasteiger charge is -2.25. The highest BCUT2D eigenvalue weighted by molar-refractivity contribution is 7.89. The molecule has 0 aromatic heterocycles. The molecule has 24 heavy (non-hydrogen) atoms. The summed E-state index contributed by atoms with van der Waals surface area (Å²) >= 11 is 0. The molecule has 0 heterocycles. The Bertz CT molecular complexity index is 706. The third kappa shape index (κ3) is 3.71. The molecule has 1 fully saturated rings. The van der Waals surface area contributed by atoms with Crippen LogP contribution in [-0.4, -0.2) is 49.9 Å². The molecule has 1 aromatic rings. The number of hydrogen-bond acceptors (Lipinski definition) is 5. The van der Waals surface area contributed by atoms with Gasteiger partial charge in [0.25, 0.3) is 5.91 Å². The highest BCUT2D eigenvalue weighted by atomic mass is 32.2. The fourth-order valence-electron chi connectivity index (χ4n) is 2.73. The van der Waals surface area contributed by atoms with Gasteiger partial charge in [0, 0.05) is 12.6 Å². The van der Waals surface area contributed by atoms with E-state index in [2.05, 4.69) is 0 Å². The topological polar surface area (TPSA) is 92.9 Å². The van der Waals surface area contributed by atoms with E-state index in [1.54, 1.807) is 32.9 Å². The van der Waals surface area contributed by atoms with Crippen molar-refractivity contribution in [2.75, 3.05) is 20.2 Å². The number of carbonyl (C=O) groups excluding carboxylic acids is 1. The summed E-state index contributed by atoms with van der Waals surface area (Å²) in [6.07, 6.45) is 1.52. The van der Waals surface area contributed by atoms with Crippen molar-refractivity contribution in [2.24, 2.45) is 5.84 Å². The monoisotopic (exact) mass is 355 g/mol. The molecule has 2 N–H and O–H groups in total. The molecule has 1 saturated carbocycles. The Balaban J connectivity index is 2.41. The maximum absolute atomic E-state index is 13.2. The van der Waals surface area contributed by atoms with Crippen LogP contribution >= 0.6 is 0 Å². The fourth-order valence-corrected chi connectivity index (χ4v) is 4.78. The molecule has 1 amide bonds. The van der Waals surface area contributed by atoms with E-state index in [0.717, 1.165) is 17.9 Å². The van der Waals surface area contributed by atoms with Crippen LogP contribution in [0.1, 0.15) is 30.9 Å². The molecular weight excluding hydrogens is 330 g/mol. The summed E-state index contributed by atoms with van der Waals surface area (Å²) in [6, 6.07) is 3.24. The first kappa shape index (κ1) is 18.7. The molecule has 2 rings (SSSR count). The van der Waals surface area contributed by atoms with Crippen LogP contribution in [0.4, 0.5) is 0 Å². The van der Waals surface area contributed by atoms with E-state index in [1.807, 2.05) is 0 Å². The van der Waals surface area contributed by atoms with E-state index in [4.69, 9.17) is 10.6 Å². The SMILES string of the molecule is CCN(N)C(=O)CN(C1CC1)S(=O)(=O)c1c(C)cc(OC)cc1C. The van der Waals surface area contributed by atoms with Gasteiger partial charge in [0.1, 0.15) is 5.75 Å². The molecule has 0 aliphatic heterocycles. The summed E-state index contributed by atoms with van der Waals surface area (Å²) in [5.41, 5.74) is 1.20. The van der Waals surface area contributed by atoms with Gasteiger partial charge in [-0.2, -0.15) is 4.31 Å². The van der Waals surface area contributed by atoms with Gasteiger partial charge in [-0.25, -0.2) is 14.3 Å². The Kier molecular flexibility index (Phi) is 5.52. The molecule has 1 aromatic carbocycles. The van der Waals surface area contributed by atoms with Crippen molar-refractivity contribution in [3.8, 4) is 5.75 Å². The van der Waals surface area contributed by atoms with Crippen molar-refractivity contribution in [1.82, 2.24) is 9.31 Å². The number of hydrazine groups is 1. The Morgan fingerprint density at radius 1 is 1.29 bits per heavy atom. The normalized spacial score (nSPS) is 14.8. The molecule has 1 aliphatic carbocycles. The maximum Gasteiger partial charge on any atom is 0.251 e. The summed E-state index contributed by atoms with van der Waals surface area (Å²) < 4.78 is 32.8. The predicted octanol–water partition coefficient (Wildman–Crippen LogP) is 1.19. The Labute approximate surface area is 143 Å². The van der Waals surface area contributed by atoms with Crippen LogP contribution in [0.15, 0.2) is 17.0 Å². The number of rotatable bonds is 7. The number of likely N-dealkylation sites (N-methyl/N-ethyl adjacent to an activating group) is 1. The number of ether oxygens (including phenoxy) is 1. The van der Waals surface area contributed by atoms with Crippen LogP contribution in [0.5, 0.6) is 5.75 Å². The number of amides is 1. The van der Waals surface area contributed by atoms with E-state index in [9.17, 15) is 13.2 Å². The zero-order valence-corrected chi connectivity index (χ0v) is 15.4. The van der Waals surface area contributed by atoms with E-state index in [1.165, 1.54) is 11.4 Å². The summed E-state index contributed by atoms with van der Waals surface area (Å²) in [6.45, 7) is 5.30. The molecule has 0 atom stereocenters. The first-order chi connectivity index (χ1) is 11.2. The van der Waals surface area contributed by atoms with Crippen molar-refractivity contribution in [2.45, 2.75) is 44.6 Å². The van der Waals surface area contributed by atoms with Crippen molar-refractivity contribution >= 4 is 15.9 Å². The molecule has 0 spiro atoms. The summed E-state index contributed by atoms with van der Waals surface area (Å²) in [5.74, 6) is 5.81. The van der Waals surface area contributed by atoms with E-state index >= 15 is 0 Å². The maximum atomic E-state index is 13.2. The Morgan fingerprint density at radius 2 is 1.83 bits per heavy atom. The molecule has 134 valence electrons. The number of nitrogens with zero attached hydrogens (tertiary/aromatic N) is 2. The average molecular weight is 355 g/mol. The minimum absolute atomic E-state index is 0.134. The Morgan fingerprint density at radius 3 is 2.25 bits per heavy atom. The number of hydrogen-bond donors (Lipinski definition) is 1. The third-order valence-electron chi connectivity index (χ3n) is 4.14. The van der Waals surface area contributed by atoms with Gasteiger partial charge in [-0.1, -0.05) is 0 Å². The zero-order chi connectivity index (χ0) is 18.1. The number of aryl methyl sites for hydroxylation is 2. The summed E-state index contributed by atoms with van der Waals surface area (Å²) in [7, 11) is -2.25. The number of sulfonamides is 1. The van der Waals surface area contributed by atoms with Crippen LogP contribution < -0.4 is 10.6 Å². The van der Waals surface area contributed by atoms with Crippen LogP contribution in [0.25, 0.3) is 0 Å². The van der Waals surface area contributed by atoms with Crippen LogP contribution in [0.3, 0.4) is 0 Å². The molecule has 7 nitrogen and oxygen atoms in total. The van der Waals surface area contributed by atoms with Gasteiger partial charge in [-0.05, 0) is 56.9 Å².